The molecule has 0 fully saturated rings. The van der Waals surface area contributed by atoms with Crippen molar-refractivity contribution in [2.45, 2.75) is 6.18 Å². The summed E-state index contributed by atoms with van der Waals surface area (Å²) in [6.45, 7) is -0.511. The van der Waals surface area contributed by atoms with Gasteiger partial charge in [0.1, 0.15) is 5.82 Å². The van der Waals surface area contributed by atoms with Crippen LogP contribution in [0.5, 0.6) is 0 Å². The fraction of sp³-hybridized carbons (Fsp3) is 0.125. The largest absolute Gasteiger partial charge is 0.416 e. The van der Waals surface area contributed by atoms with E-state index in [4.69, 9.17) is 0 Å². The van der Waals surface area contributed by atoms with Crippen LogP contribution in [-0.4, -0.2) is 18.4 Å². The molecule has 0 aromatic heterocycles. The van der Waals surface area contributed by atoms with Crippen LogP contribution in [-0.2, 0) is 11.0 Å². The molecule has 2 rings (SSSR count). The van der Waals surface area contributed by atoms with Gasteiger partial charge in [0.25, 0.3) is 5.91 Å². The lowest BCUT2D eigenvalue weighted by Crippen LogP contribution is -2.33. The Balaban J connectivity index is 1.95. The van der Waals surface area contributed by atoms with Gasteiger partial charge in [-0.2, -0.15) is 13.2 Å². The number of benzene rings is 2. The predicted molar refractivity (Wildman–Crippen MR) is 78.8 cm³/mol. The van der Waals surface area contributed by atoms with Gasteiger partial charge in [0, 0.05) is 5.69 Å². The van der Waals surface area contributed by atoms with E-state index in [2.05, 4.69) is 10.6 Å². The van der Waals surface area contributed by atoms with Crippen LogP contribution in [0.15, 0.2) is 48.5 Å². The number of nitrogens with one attached hydrogen (secondary N) is 2. The topological polar surface area (TPSA) is 58.2 Å². The minimum atomic E-state index is -4.53. The van der Waals surface area contributed by atoms with Gasteiger partial charge < -0.3 is 10.6 Å². The average molecular weight is 340 g/mol. The molecule has 0 saturated carbocycles. The molecule has 2 aromatic rings. The molecule has 24 heavy (non-hydrogen) atoms. The van der Waals surface area contributed by atoms with Crippen molar-refractivity contribution in [2.75, 3.05) is 11.9 Å². The monoisotopic (exact) mass is 340 g/mol. The molecule has 8 heteroatoms. The van der Waals surface area contributed by atoms with Crippen molar-refractivity contribution in [2.24, 2.45) is 0 Å². The number of rotatable bonds is 4. The molecule has 2 amide bonds. The molecule has 0 unspecified atom stereocenters. The molecule has 0 aliphatic heterocycles. The smallest absolute Gasteiger partial charge is 0.343 e. The Morgan fingerprint density at radius 1 is 1.00 bits per heavy atom. The van der Waals surface area contributed by atoms with Crippen LogP contribution >= 0.6 is 0 Å². The fourth-order valence-electron chi connectivity index (χ4n) is 1.88. The van der Waals surface area contributed by atoms with Gasteiger partial charge in [0.05, 0.1) is 17.7 Å². The zero-order chi connectivity index (χ0) is 17.7. The summed E-state index contributed by atoms with van der Waals surface area (Å²) in [5.74, 6) is -2.28. The van der Waals surface area contributed by atoms with Crippen LogP contribution in [0.4, 0.5) is 23.2 Å². The van der Waals surface area contributed by atoms with Gasteiger partial charge in [-0.15, -0.1) is 0 Å². The van der Waals surface area contributed by atoms with Gasteiger partial charge in [-0.25, -0.2) is 4.39 Å². The van der Waals surface area contributed by atoms with Crippen LogP contribution in [0.3, 0.4) is 0 Å². The van der Waals surface area contributed by atoms with Crippen molar-refractivity contribution < 1.29 is 27.2 Å². The first-order valence-corrected chi connectivity index (χ1v) is 6.77. The molecule has 0 aliphatic carbocycles. The molecular formula is C16H12F4N2O2. The van der Waals surface area contributed by atoms with Gasteiger partial charge in [-0.1, -0.05) is 18.2 Å². The van der Waals surface area contributed by atoms with E-state index in [9.17, 15) is 27.2 Å². The highest BCUT2D eigenvalue weighted by molar-refractivity contribution is 5.99. The van der Waals surface area contributed by atoms with Gasteiger partial charge in [-0.3, -0.25) is 9.59 Å². The standard InChI is InChI=1S/C16H12F4N2O2/c17-13-7-2-1-6-12(13)15(24)21-9-14(23)22-11-5-3-4-10(8-11)16(18,19)20/h1-8H,9H2,(H,21,24)(H,22,23). The lowest BCUT2D eigenvalue weighted by molar-refractivity contribution is -0.137. The van der Waals surface area contributed by atoms with E-state index in [1.807, 2.05) is 0 Å². The van der Waals surface area contributed by atoms with Crippen LogP contribution in [0.1, 0.15) is 15.9 Å². The van der Waals surface area contributed by atoms with Crippen molar-refractivity contribution >= 4 is 17.5 Å². The van der Waals surface area contributed by atoms with E-state index in [0.717, 1.165) is 24.3 Å². The maximum Gasteiger partial charge on any atom is 0.416 e. The van der Waals surface area contributed by atoms with Gasteiger partial charge in [-0.05, 0) is 30.3 Å². The van der Waals surface area contributed by atoms with Crippen LogP contribution < -0.4 is 10.6 Å². The van der Waals surface area contributed by atoms with Crippen molar-refractivity contribution in [1.82, 2.24) is 5.32 Å². The van der Waals surface area contributed by atoms with Gasteiger partial charge in [0.15, 0.2) is 0 Å². The molecule has 2 aromatic carbocycles. The third-order valence-electron chi connectivity index (χ3n) is 3.00. The summed E-state index contributed by atoms with van der Waals surface area (Å²) in [4.78, 5) is 23.4. The second-order valence-electron chi connectivity index (χ2n) is 4.79. The summed E-state index contributed by atoms with van der Waals surface area (Å²) in [7, 11) is 0. The SMILES string of the molecule is O=C(CNC(=O)c1ccccc1F)Nc1cccc(C(F)(F)F)c1. The number of anilines is 1. The van der Waals surface area contributed by atoms with Crippen LogP contribution in [0.2, 0.25) is 0 Å². The first kappa shape index (κ1) is 17.5. The summed E-state index contributed by atoms with van der Waals surface area (Å²) in [6, 6.07) is 9.29. The Labute approximate surface area is 134 Å². The third kappa shape index (κ3) is 4.55. The first-order valence-electron chi connectivity index (χ1n) is 6.77. The van der Waals surface area contributed by atoms with E-state index in [-0.39, 0.29) is 11.3 Å². The third-order valence-corrected chi connectivity index (χ3v) is 3.00. The van der Waals surface area contributed by atoms with Crippen LogP contribution in [0, 0.1) is 5.82 Å². The average Bonchev–Trinajstić information content (AvgIpc) is 2.52. The Bertz CT molecular complexity index is 760. The Morgan fingerprint density at radius 3 is 2.38 bits per heavy atom. The van der Waals surface area contributed by atoms with E-state index >= 15 is 0 Å². The van der Waals surface area contributed by atoms with Gasteiger partial charge in [0.2, 0.25) is 5.91 Å². The second kappa shape index (κ2) is 7.12. The van der Waals surface area contributed by atoms with E-state index in [1.165, 1.54) is 24.3 Å². The zero-order valence-electron chi connectivity index (χ0n) is 12.2. The lowest BCUT2D eigenvalue weighted by Gasteiger charge is -2.10. The number of alkyl halides is 3. The molecule has 0 heterocycles. The summed E-state index contributed by atoms with van der Waals surface area (Å²) in [5, 5.41) is 4.42. The fourth-order valence-corrected chi connectivity index (χ4v) is 1.88. The Morgan fingerprint density at radius 2 is 1.71 bits per heavy atom. The van der Waals surface area contributed by atoms with Crippen LogP contribution in [0.25, 0.3) is 0 Å². The highest BCUT2D eigenvalue weighted by Gasteiger charge is 2.30. The Hall–Kier alpha value is -2.90. The number of carbonyl (C=O) groups is 2. The molecule has 0 radical (unpaired) electrons. The number of carbonyl (C=O) groups excluding carboxylic acids is 2. The number of amides is 2. The minimum absolute atomic E-state index is 0.0602. The highest BCUT2D eigenvalue weighted by atomic mass is 19.4. The molecule has 0 atom stereocenters. The molecule has 2 N–H and O–H groups in total. The number of hydrogen-bond acceptors (Lipinski definition) is 2. The van der Waals surface area contributed by atoms with Crippen molar-refractivity contribution in [3.63, 3.8) is 0 Å². The van der Waals surface area contributed by atoms with Crippen molar-refractivity contribution in [3.05, 3.63) is 65.5 Å². The Kier molecular flexibility index (Phi) is 5.18. The molecule has 126 valence electrons. The van der Waals surface area contributed by atoms with Crippen molar-refractivity contribution in [1.29, 1.82) is 0 Å². The van der Waals surface area contributed by atoms with E-state index < -0.39 is 35.9 Å². The predicted octanol–water partition coefficient (Wildman–Crippen LogP) is 3.21. The summed E-state index contributed by atoms with van der Waals surface area (Å²) < 4.78 is 51.1. The first-order chi connectivity index (χ1) is 11.3. The quantitative estimate of drug-likeness (QED) is 0.840. The van der Waals surface area contributed by atoms with E-state index in [0.29, 0.717) is 0 Å². The molecule has 0 saturated heterocycles. The molecule has 0 bridgehead atoms. The number of hydrogen-bond donors (Lipinski definition) is 2. The summed E-state index contributed by atoms with van der Waals surface area (Å²) >= 11 is 0. The molecule has 0 aliphatic rings. The number of halogens is 4. The maximum absolute atomic E-state index is 13.4. The van der Waals surface area contributed by atoms with Crippen molar-refractivity contribution in [3.8, 4) is 0 Å². The maximum atomic E-state index is 13.4. The van der Waals surface area contributed by atoms with Gasteiger partial charge >= 0.3 is 6.18 Å². The summed E-state index contributed by atoms with van der Waals surface area (Å²) in [5.41, 5.74) is -1.20. The van der Waals surface area contributed by atoms with E-state index in [1.54, 1.807) is 0 Å². The zero-order valence-corrected chi connectivity index (χ0v) is 12.2. The minimum Gasteiger partial charge on any atom is -0.343 e. The second-order valence-corrected chi connectivity index (χ2v) is 4.79. The highest BCUT2D eigenvalue weighted by Crippen LogP contribution is 2.30. The molecular weight excluding hydrogens is 328 g/mol. The normalized spacial score (nSPS) is 11.0. The molecule has 4 nitrogen and oxygen atoms in total. The lowest BCUT2D eigenvalue weighted by atomic mass is 10.2. The summed E-state index contributed by atoms with van der Waals surface area (Å²) in [6.07, 6.45) is -4.53. The molecule has 0 spiro atoms.